The minimum absolute atomic E-state index is 0.462. The number of aromatic amines is 1. The second kappa shape index (κ2) is 3.12. The van der Waals surface area contributed by atoms with Crippen LogP contribution in [0.4, 0.5) is 0 Å². The summed E-state index contributed by atoms with van der Waals surface area (Å²) in [6, 6.07) is 2.02. The maximum Gasteiger partial charge on any atom is 0.229 e. The number of nitrogens with one attached hydrogen (secondary N) is 1. The van der Waals surface area contributed by atoms with Gasteiger partial charge in [-0.3, -0.25) is 0 Å². The first-order chi connectivity index (χ1) is 7.66. The third kappa shape index (κ3) is 1.18. The number of nitrogens with zero attached hydrogens (tertiary/aromatic N) is 2. The summed E-state index contributed by atoms with van der Waals surface area (Å²) in [6.45, 7) is 3.97. The van der Waals surface area contributed by atoms with E-state index in [9.17, 15) is 0 Å². The van der Waals surface area contributed by atoms with Gasteiger partial charge in [0.2, 0.25) is 5.71 Å². The molecule has 0 amide bonds. The van der Waals surface area contributed by atoms with Crippen molar-refractivity contribution in [2.75, 3.05) is 0 Å². The molecule has 16 heavy (non-hydrogen) atoms. The molecular formula is C11H9N3OS. The molecule has 0 aliphatic rings. The lowest BCUT2D eigenvalue weighted by Gasteiger charge is -1.96. The lowest BCUT2D eigenvalue weighted by molar-refractivity contribution is 0.648. The molecule has 0 aliphatic heterocycles. The van der Waals surface area contributed by atoms with Crippen molar-refractivity contribution < 1.29 is 4.42 Å². The number of fused-ring (bicyclic) bond motifs is 3. The zero-order valence-electron chi connectivity index (χ0n) is 8.87. The molecule has 1 N–H and O–H groups in total. The van der Waals surface area contributed by atoms with E-state index in [1.54, 1.807) is 6.33 Å². The Labute approximate surface area is 96.3 Å². The molecule has 3 rings (SSSR count). The van der Waals surface area contributed by atoms with Crippen LogP contribution in [0.1, 0.15) is 11.3 Å². The molecule has 4 nitrogen and oxygen atoms in total. The van der Waals surface area contributed by atoms with Crippen LogP contribution in [0, 0.1) is 18.5 Å². The minimum atomic E-state index is 0.462. The molecule has 0 fully saturated rings. The predicted octanol–water partition coefficient (Wildman–Crippen LogP) is 3.05. The normalized spacial score (nSPS) is 11.4. The monoisotopic (exact) mass is 231 g/mol. The number of hydrogen-bond acceptors (Lipinski definition) is 4. The van der Waals surface area contributed by atoms with Gasteiger partial charge in [-0.1, -0.05) is 12.2 Å². The Morgan fingerprint density at radius 3 is 3.00 bits per heavy atom. The van der Waals surface area contributed by atoms with Gasteiger partial charge in [-0.2, -0.15) is 0 Å². The number of rotatable bonds is 0. The minimum Gasteiger partial charge on any atom is -0.433 e. The van der Waals surface area contributed by atoms with Crippen LogP contribution in [-0.4, -0.2) is 15.0 Å². The van der Waals surface area contributed by atoms with Gasteiger partial charge in [0.15, 0.2) is 10.2 Å². The highest BCUT2D eigenvalue weighted by Gasteiger charge is 2.12. The molecule has 0 spiro atoms. The molecule has 0 saturated heterocycles. The van der Waals surface area contributed by atoms with Crippen LogP contribution in [0.3, 0.4) is 0 Å². The average molecular weight is 231 g/mol. The highest BCUT2D eigenvalue weighted by Crippen LogP contribution is 2.28. The summed E-state index contributed by atoms with van der Waals surface area (Å²) in [5, 5.41) is 0.981. The van der Waals surface area contributed by atoms with E-state index < -0.39 is 0 Å². The SMILES string of the molecule is Cc1cc(C)c2c(n1)oc1c(=S)nc[nH]c12. The summed E-state index contributed by atoms with van der Waals surface area (Å²) in [5.74, 6) is 0. The van der Waals surface area contributed by atoms with Crippen molar-refractivity contribution in [3.8, 4) is 0 Å². The fourth-order valence-electron chi connectivity index (χ4n) is 1.94. The van der Waals surface area contributed by atoms with E-state index in [0.29, 0.717) is 15.9 Å². The quantitative estimate of drug-likeness (QED) is 0.604. The Bertz CT molecular complexity index is 757. The third-order valence-electron chi connectivity index (χ3n) is 2.57. The first-order valence-electron chi connectivity index (χ1n) is 4.91. The third-order valence-corrected chi connectivity index (χ3v) is 2.86. The second-order valence-corrected chi connectivity index (χ2v) is 4.16. The molecule has 3 aromatic rings. The summed E-state index contributed by atoms with van der Waals surface area (Å²) in [6.07, 6.45) is 1.58. The van der Waals surface area contributed by atoms with Gasteiger partial charge < -0.3 is 9.40 Å². The Balaban J connectivity index is 2.67. The van der Waals surface area contributed by atoms with Crippen LogP contribution in [-0.2, 0) is 0 Å². The van der Waals surface area contributed by atoms with E-state index in [1.165, 1.54) is 0 Å². The first kappa shape index (κ1) is 9.47. The van der Waals surface area contributed by atoms with Gasteiger partial charge in [0.05, 0.1) is 17.2 Å². The van der Waals surface area contributed by atoms with E-state index >= 15 is 0 Å². The predicted molar refractivity (Wildman–Crippen MR) is 64.0 cm³/mol. The Hall–Kier alpha value is -1.75. The fourth-order valence-corrected chi connectivity index (χ4v) is 2.14. The standard InChI is InChI=1S/C11H9N3OS/c1-5-3-6(2)14-10-7(5)8-9(15-10)11(16)13-4-12-8/h3-4H,1-2H3,(H,12,13,16). The molecule has 0 aliphatic carbocycles. The molecule has 5 heteroatoms. The van der Waals surface area contributed by atoms with Crippen molar-refractivity contribution in [3.63, 3.8) is 0 Å². The van der Waals surface area contributed by atoms with E-state index in [0.717, 1.165) is 22.2 Å². The zero-order valence-corrected chi connectivity index (χ0v) is 9.68. The van der Waals surface area contributed by atoms with Crippen LogP contribution in [0.5, 0.6) is 0 Å². The van der Waals surface area contributed by atoms with Crippen molar-refractivity contribution in [3.05, 3.63) is 28.3 Å². The van der Waals surface area contributed by atoms with Crippen molar-refractivity contribution in [1.29, 1.82) is 0 Å². The Morgan fingerprint density at radius 1 is 1.38 bits per heavy atom. The molecule has 0 bridgehead atoms. The summed E-state index contributed by atoms with van der Waals surface area (Å²) in [5.41, 5.74) is 4.15. The second-order valence-electron chi connectivity index (χ2n) is 3.77. The highest BCUT2D eigenvalue weighted by atomic mass is 32.1. The summed E-state index contributed by atoms with van der Waals surface area (Å²) >= 11 is 5.12. The number of furan rings is 1. The lowest BCUT2D eigenvalue weighted by Crippen LogP contribution is -1.84. The molecule has 3 aromatic heterocycles. The number of H-pyrrole nitrogens is 1. The molecule has 0 saturated carbocycles. The lowest BCUT2D eigenvalue weighted by atomic mass is 10.1. The molecule has 0 unspecified atom stereocenters. The fraction of sp³-hybridized carbons (Fsp3) is 0.182. The van der Waals surface area contributed by atoms with Gasteiger partial charge in [-0.05, 0) is 25.5 Å². The van der Waals surface area contributed by atoms with Crippen LogP contribution < -0.4 is 0 Å². The first-order valence-corrected chi connectivity index (χ1v) is 5.32. The molecule has 80 valence electrons. The van der Waals surface area contributed by atoms with E-state index in [4.69, 9.17) is 16.6 Å². The van der Waals surface area contributed by atoms with Crippen LogP contribution in [0.15, 0.2) is 16.8 Å². The van der Waals surface area contributed by atoms with Crippen LogP contribution >= 0.6 is 12.2 Å². The molecule has 0 atom stereocenters. The summed E-state index contributed by atoms with van der Waals surface area (Å²) in [4.78, 5) is 11.4. The molecule has 3 heterocycles. The van der Waals surface area contributed by atoms with Crippen LogP contribution in [0.2, 0.25) is 0 Å². The number of hydrogen-bond donors (Lipinski definition) is 1. The van der Waals surface area contributed by atoms with Crippen molar-refractivity contribution in [2.24, 2.45) is 0 Å². The Morgan fingerprint density at radius 2 is 2.19 bits per heavy atom. The summed E-state index contributed by atoms with van der Waals surface area (Å²) < 4.78 is 6.10. The average Bonchev–Trinajstić information content (AvgIpc) is 2.57. The topological polar surface area (TPSA) is 54.7 Å². The van der Waals surface area contributed by atoms with E-state index in [1.807, 2.05) is 19.9 Å². The van der Waals surface area contributed by atoms with Crippen LogP contribution in [0.25, 0.3) is 22.2 Å². The number of aromatic nitrogens is 3. The Kier molecular flexibility index (Phi) is 1.85. The number of aryl methyl sites for hydroxylation is 2. The molecular weight excluding hydrogens is 222 g/mol. The molecule has 0 radical (unpaired) electrons. The summed E-state index contributed by atoms with van der Waals surface area (Å²) in [7, 11) is 0. The largest absolute Gasteiger partial charge is 0.433 e. The van der Waals surface area contributed by atoms with E-state index in [-0.39, 0.29) is 0 Å². The van der Waals surface area contributed by atoms with Gasteiger partial charge >= 0.3 is 0 Å². The van der Waals surface area contributed by atoms with Gasteiger partial charge in [-0.15, -0.1) is 0 Å². The van der Waals surface area contributed by atoms with Gasteiger partial charge in [0.1, 0.15) is 0 Å². The smallest absolute Gasteiger partial charge is 0.229 e. The van der Waals surface area contributed by atoms with Crippen molar-refractivity contribution in [1.82, 2.24) is 15.0 Å². The van der Waals surface area contributed by atoms with Gasteiger partial charge in [0.25, 0.3) is 0 Å². The molecule has 0 aromatic carbocycles. The zero-order chi connectivity index (χ0) is 11.3. The van der Waals surface area contributed by atoms with E-state index in [2.05, 4.69) is 15.0 Å². The maximum absolute atomic E-state index is 5.64. The maximum atomic E-state index is 5.64. The van der Waals surface area contributed by atoms with Crippen molar-refractivity contribution in [2.45, 2.75) is 13.8 Å². The number of pyridine rings is 1. The highest BCUT2D eigenvalue weighted by molar-refractivity contribution is 7.71. The van der Waals surface area contributed by atoms with Crippen molar-refractivity contribution >= 4 is 34.4 Å². The van der Waals surface area contributed by atoms with Gasteiger partial charge in [-0.25, -0.2) is 9.97 Å². The van der Waals surface area contributed by atoms with Gasteiger partial charge in [0, 0.05) is 5.69 Å².